The minimum Gasteiger partial charge on any atom is -0.490 e. The van der Waals surface area contributed by atoms with Gasteiger partial charge in [-0.3, -0.25) is 4.79 Å². The molecule has 3 N–H and O–H groups in total. The van der Waals surface area contributed by atoms with Gasteiger partial charge in [-0.25, -0.2) is 0 Å². The fourth-order valence-electron chi connectivity index (χ4n) is 3.41. The summed E-state index contributed by atoms with van der Waals surface area (Å²) in [5.41, 5.74) is 6.83. The lowest BCUT2D eigenvalue weighted by Crippen LogP contribution is -2.35. The monoisotopic (exact) mass is 338 g/mol. The molecule has 0 aromatic heterocycles. The number of carbonyl (C=O) groups is 1. The second-order valence-corrected chi connectivity index (χ2v) is 6.53. The number of ether oxygens (including phenoxy) is 1. The number of nitrogens with one attached hydrogen (secondary N) is 1. The minimum absolute atomic E-state index is 0. The fourth-order valence-corrected chi connectivity index (χ4v) is 3.41. The molecule has 3 rings (SSSR count). The summed E-state index contributed by atoms with van der Waals surface area (Å²) < 4.78 is 6.01. The fraction of sp³-hybridized carbons (Fsp3) is 0.611. The molecule has 5 heteroatoms. The zero-order valence-corrected chi connectivity index (χ0v) is 14.3. The molecule has 0 aliphatic heterocycles. The van der Waals surface area contributed by atoms with Crippen LogP contribution in [-0.4, -0.2) is 18.6 Å². The van der Waals surface area contributed by atoms with Crippen molar-refractivity contribution in [2.45, 2.75) is 51.2 Å². The summed E-state index contributed by atoms with van der Waals surface area (Å²) in [6.45, 7) is 1.15. The lowest BCUT2D eigenvalue weighted by molar-refractivity contribution is -0.126. The molecule has 1 aromatic rings. The summed E-state index contributed by atoms with van der Waals surface area (Å²) in [5.74, 6) is 1.49. The Morgan fingerprint density at radius 2 is 1.91 bits per heavy atom. The molecule has 0 unspecified atom stereocenters. The summed E-state index contributed by atoms with van der Waals surface area (Å²) in [4.78, 5) is 12.4. The highest BCUT2D eigenvalue weighted by atomic mass is 35.5. The van der Waals surface area contributed by atoms with Crippen molar-refractivity contribution in [1.29, 1.82) is 0 Å². The Labute approximate surface area is 144 Å². The van der Waals surface area contributed by atoms with Gasteiger partial charge in [0.25, 0.3) is 0 Å². The van der Waals surface area contributed by atoms with Crippen molar-refractivity contribution >= 4 is 18.3 Å². The molecule has 1 amide bonds. The van der Waals surface area contributed by atoms with E-state index >= 15 is 0 Å². The van der Waals surface area contributed by atoms with Crippen molar-refractivity contribution in [1.82, 2.24) is 5.32 Å². The molecule has 0 heterocycles. The van der Waals surface area contributed by atoms with Crippen LogP contribution in [0.5, 0.6) is 5.75 Å². The molecule has 2 aliphatic rings. The normalized spacial score (nSPS) is 23.7. The van der Waals surface area contributed by atoms with Crippen LogP contribution in [0.4, 0.5) is 0 Å². The molecule has 0 saturated heterocycles. The van der Waals surface area contributed by atoms with Gasteiger partial charge in [-0.2, -0.15) is 0 Å². The lowest BCUT2D eigenvalue weighted by atomic mass is 9.95. The number of hydrogen-bond acceptors (Lipinski definition) is 3. The standard InChI is InChI=1S/C18H26N2O2.ClH/c19-11-13-6-3-9-16(13)18(21)20-12-14-5-1-2-10-17(14)22-15-7-4-8-15;/h1-2,5,10,13,15-16H,3-4,6-9,11-12,19H2,(H,20,21);1H/t13-,16-;/m1./s1. The van der Waals surface area contributed by atoms with Crippen LogP contribution in [0, 0.1) is 11.8 Å². The Bertz CT molecular complexity index is 519. The molecule has 2 fully saturated rings. The molecular weight excluding hydrogens is 312 g/mol. The number of hydrogen-bond donors (Lipinski definition) is 2. The molecule has 0 spiro atoms. The molecule has 23 heavy (non-hydrogen) atoms. The smallest absolute Gasteiger partial charge is 0.223 e. The van der Waals surface area contributed by atoms with E-state index in [1.807, 2.05) is 24.3 Å². The van der Waals surface area contributed by atoms with E-state index in [0.29, 0.717) is 25.1 Å². The third-order valence-electron chi connectivity index (χ3n) is 5.07. The number of amides is 1. The van der Waals surface area contributed by atoms with Crippen LogP contribution in [0.1, 0.15) is 44.1 Å². The maximum absolute atomic E-state index is 12.4. The molecular formula is C18H27ClN2O2. The summed E-state index contributed by atoms with van der Waals surface area (Å²) in [5, 5.41) is 3.08. The number of para-hydroxylation sites is 1. The van der Waals surface area contributed by atoms with Crippen molar-refractivity contribution in [3.8, 4) is 5.75 Å². The highest BCUT2D eigenvalue weighted by molar-refractivity contribution is 5.85. The van der Waals surface area contributed by atoms with E-state index in [1.54, 1.807) is 0 Å². The van der Waals surface area contributed by atoms with Gasteiger partial charge in [-0.1, -0.05) is 24.6 Å². The van der Waals surface area contributed by atoms with Gasteiger partial charge in [0.05, 0.1) is 6.10 Å². The van der Waals surface area contributed by atoms with E-state index in [0.717, 1.165) is 43.4 Å². The highest BCUT2D eigenvalue weighted by Gasteiger charge is 2.31. The predicted molar refractivity (Wildman–Crippen MR) is 93.7 cm³/mol. The van der Waals surface area contributed by atoms with Crippen molar-refractivity contribution in [3.63, 3.8) is 0 Å². The first-order chi connectivity index (χ1) is 10.8. The van der Waals surface area contributed by atoms with Gasteiger partial charge in [-0.15, -0.1) is 12.4 Å². The molecule has 2 saturated carbocycles. The Kier molecular flexibility index (Phi) is 6.72. The Hall–Kier alpha value is -1.26. The molecule has 1 aromatic carbocycles. The number of nitrogens with two attached hydrogens (primary N) is 1. The van der Waals surface area contributed by atoms with Gasteiger partial charge in [0, 0.05) is 18.0 Å². The molecule has 0 radical (unpaired) electrons. The minimum atomic E-state index is 0. The van der Waals surface area contributed by atoms with E-state index in [-0.39, 0.29) is 24.2 Å². The van der Waals surface area contributed by atoms with Crippen molar-refractivity contribution < 1.29 is 9.53 Å². The Morgan fingerprint density at radius 1 is 1.17 bits per heavy atom. The zero-order chi connectivity index (χ0) is 15.4. The quantitative estimate of drug-likeness (QED) is 0.838. The molecule has 2 aliphatic carbocycles. The van der Waals surface area contributed by atoms with Crippen LogP contribution in [0.3, 0.4) is 0 Å². The van der Waals surface area contributed by atoms with Gasteiger partial charge in [0.15, 0.2) is 0 Å². The van der Waals surface area contributed by atoms with Crippen LogP contribution >= 0.6 is 12.4 Å². The van der Waals surface area contributed by atoms with E-state index in [2.05, 4.69) is 5.32 Å². The summed E-state index contributed by atoms with van der Waals surface area (Å²) in [6, 6.07) is 8.01. The first kappa shape index (κ1) is 18.1. The third-order valence-corrected chi connectivity index (χ3v) is 5.07. The van der Waals surface area contributed by atoms with Crippen LogP contribution in [-0.2, 0) is 11.3 Å². The Morgan fingerprint density at radius 3 is 2.61 bits per heavy atom. The van der Waals surface area contributed by atoms with E-state index < -0.39 is 0 Å². The average molecular weight is 339 g/mol. The number of benzene rings is 1. The predicted octanol–water partition coefficient (Wildman–Crippen LogP) is 3.03. The van der Waals surface area contributed by atoms with Gasteiger partial charge < -0.3 is 15.8 Å². The summed E-state index contributed by atoms with van der Waals surface area (Å²) in [6.07, 6.45) is 7.05. The maximum Gasteiger partial charge on any atom is 0.223 e. The van der Waals surface area contributed by atoms with Gasteiger partial charge in [0.2, 0.25) is 5.91 Å². The second-order valence-electron chi connectivity index (χ2n) is 6.53. The highest BCUT2D eigenvalue weighted by Crippen LogP contribution is 2.31. The van der Waals surface area contributed by atoms with Crippen molar-refractivity contribution in [2.75, 3.05) is 6.54 Å². The van der Waals surface area contributed by atoms with Gasteiger partial charge in [-0.05, 0) is 50.6 Å². The second kappa shape index (κ2) is 8.55. The van der Waals surface area contributed by atoms with Gasteiger partial charge in [0.1, 0.15) is 5.75 Å². The van der Waals surface area contributed by atoms with E-state index in [1.165, 1.54) is 6.42 Å². The Balaban J connectivity index is 0.00000192. The maximum atomic E-state index is 12.4. The largest absolute Gasteiger partial charge is 0.490 e. The zero-order valence-electron chi connectivity index (χ0n) is 13.5. The van der Waals surface area contributed by atoms with Crippen molar-refractivity contribution in [3.05, 3.63) is 29.8 Å². The summed E-state index contributed by atoms with van der Waals surface area (Å²) in [7, 11) is 0. The molecule has 2 atom stereocenters. The lowest BCUT2D eigenvalue weighted by Gasteiger charge is -2.27. The van der Waals surface area contributed by atoms with Gasteiger partial charge >= 0.3 is 0 Å². The van der Waals surface area contributed by atoms with Crippen LogP contribution in [0.2, 0.25) is 0 Å². The van der Waals surface area contributed by atoms with Crippen molar-refractivity contribution in [2.24, 2.45) is 17.6 Å². The SMILES string of the molecule is Cl.NC[C@H]1CCC[C@H]1C(=O)NCc1ccccc1OC1CCC1. The number of rotatable bonds is 6. The first-order valence-corrected chi connectivity index (χ1v) is 8.50. The number of carbonyl (C=O) groups excluding carboxylic acids is 1. The molecule has 0 bridgehead atoms. The average Bonchev–Trinajstić information content (AvgIpc) is 2.98. The van der Waals surface area contributed by atoms with E-state index in [9.17, 15) is 4.79 Å². The topological polar surface area (TPSA) is 64.4 Å². The van der Waals surface area contributed by atoms with Crippen LogP contribution < -0.4 is 15.8 Å². The van der Waals surface area contributed by atoms with E-state index in [4.69, 9.17) is 10.5 Å². The summed E-state index contributed by atoms with van der Waals surface area (Å²) >= 11 is 0. The molecule has 128 valence electrons. The molecule has 4 nitrogen and oxygen atoms in total. The third kappa shape index (κ3) is 4.39. The van der Waals surface area contributed by atoms with Crippen LogP contribution in [0.15, 0.2) is 24.3 Å². The number of halogens is 1. The van der Waals surface area contributed by atoms with Crippen LogP contribution in [0.25, 0.3) is 0 Å². The first-order valence-electron chi connectivity index (χ1n) is 8.50.